The number of carbonyl (C=O) groups excluding carboxylic acids is 1. The molecule has 2 atom stereocenters. The van der Waals surface area contributed by atoms with E-state index >= 15 is 0 Å². The maximum atomic E-state index is 10.3. The van der Waals surface area contributed by atoms with Crippen LogP contribution in [0, 0.1) is 17.8 Å². The largest absolute Gasteiger partial charge is 0.303 e. The Bertz CT molecular complexity index is 215. The number of rotatable bonds is 4. The summed E-state index contributed by atoms with van der Waals surface area (Å²) in [5.74, 6) is 2.10. The van der Waals surface area contributed by atoms with Gasteiger partial charge in [0.1, 0.15) is 6.29 Å². The first-order valence-electron chi connectivity index (χ1n) is 5.79. The second kappa shape index (κ2) is 5.33. The first-order chi connectivity index (χ1) is 6.65. The number of hydrogen-bond donors (Lipinski definition) is 0. The summed E-state index contributed by atoms with van der Waals surface area (Å²) in [5, 5.41) is 0. The highest BCUT2D eigenvalue weighted by Crippen LogP contribution is 2.34. The Hall–Kier alpha value is -0.590. The molecule has 80 valence electrons. The van der Waals surface area contributed by atoms with Crippen LogP contribution in [0.1, 0.15) is 46.5 Å². The smallest absolute Gasteiger partial charge is 0.120 e. The maximum Gasteiger partial charge on any atom is 0.120 e. The van der Waals surface area contributed by atoms with Gasteiger partial charge in [-0.3, -0.25) is 0 Å². The fraction of sp³-hybridized carbons (Fsp3) is 0.769. The van der Waals surface area contributed by atoms with Crippen molar-refractivity contribution in [3.63, 3.8) is 0 Å². The van der Waals surface area contributed by atoms with E-state index in [9.17, 15) is 4.79 Å². The molecule has 0 spiro atoms. The van der Waals surface area contributed by atoms with Gasteiger partial charge in [0.15, 0.2) is 0 Å². The molecule has 2 unspecified atom stereocenters. The Morgan fingerprint density at radius 2 is 2.29 bits per heavy atom. The van der Waals surface area contributed by atoms with Crippen LogP contribution in [-0.2, 0) is 4.79 Å². The van der Waals surface area contributed by atoms with Crippen molar-refractivity contribution in [3.8, 4) is 0 Å². The van der Waals surface area contributed by atoms with Crippen molar-refractivity contribution in [3.05, 3.63) is 11.6 Å². The number of carbonyl (C=O) groups is 1. The molecule has 1 aliphatic rings. The van der Waals surface area contributed by atoms with Crippen molar-refractivity contribution in [1.29, 1.82) is 0 Å². The van der Waals surface area contributed by atoms with E-state index in [-0.39, 0.29) is 0 Å². The Balaban J connectivity index is 2.51. The third kappa shape index (κ3) is 2.97. The lowest BCUT2D eigenvalue weighted by molar-refractivity contribution is -0.108. The van der Waals surface area contributed by atoms with Gasteiger partial charge in [-0.15, -0.1) is 0 Å². The molecule has 1 nitrogen and oxygen atoms in total. The molecule has 0 saturated carbocycles. The van der Waals surface area contributed by atoms with E-state index in [0.717, 1.165) is 25.0 Å². The van der Waals surface area contributed by atoms with Crippen molar-refractivity contribution >= 4 is 6.29 Å². The van der Waals surface area contributed by atoms with Crippen LogP contribution in [0.3, 0.4) is 0 Å². The van der Waals surface area contributed by atoms with Gasteiger partial charge in [0, 0.05) is 6.42 Å². The first kappa shape index (κ1) is 11.5. The molecule has 0 N–H and O–H groups in total. The molecule has 0 aliphatic heterocycles. The lowest BCUT2D eigenvalue weighted by Gasteiger charge is -2.29. The van der Waals surface area contributed by atoms with Crippen LogP contribution in [0.4, 0.5) is 0 Å². The minimum Gasteiger partial charge on any atom is -0.303 e. The Kier molecular flexibility index (Phi) is 4.37. The van der Waals surface area contributed by atoms with E-state index in [2.05, 4.69) is 26.8 Å². The molecule has 0 aromatic carbocycles. The summed E-state index contributed by atoms with van der Waals surface area (Å²) in [6.07, 6.45) is 7.81. The topological polar surface area (TPSA) is 17.1 Å². The SMILES string of the molecule is CC(C)C1=CC(C)C(CCC=O)CC1. The lowest BCUT2D eigenvalue weighted by atomic mass is 9.77. The van der Waals surface area contributed by atoms with Crippen LogP contribution in [0.25, 0.3) is 0 Å². The molecule has 0 fully saturated rings. The number of aldehydes is 1. The average Bonchev–Trinajstić information content (AvgIpc) is 2.15. The van der Waals surface area contributed by atoms with Gasteiger partial charge in [0.05, 0.1) is 0 Å². The molecule has 0 amide bonds. The highest BCUT2D eigenvalue weighted by molar-refractivity contribution is 5.49. The van der Waals surface area contributed by atoms with Gasteiger partial charge < -0.3 is 4.79 Å². The zero-order chi connectivity index (χ0) is 10.6. The van der Waals surface area contributed by atoms with Gasteiger partial charge in [0.25, 0.3) is 0 Å². The third-order valence-electron chi connectivity index (χ3n) is 3.42. The minimum atomic E-state index is 0.668. The van der Waals surface area contributed by atoms with Crippen molar-refractivity contribution in [2.45, 2.75) is 46.5 Å². The van der Waals surface area contributed by atoms with E-state index in [4.69, 9.17) is 0 Å². The van der Waals surface area contributed by atoms with Gasteiger partial charge in [-0.25, -0.2) is 0 Å². The van der Waals surface area contributed by atoms with Crippen LogP contribution in [0.15, 0.2) is 11.6 Å². The molecule has 1 rings (SSSR count). The average molecular weight is 194 g/mol. The molecule has 1 aliphatic carbocycles. The summed E-state index contributed by atoms with van der Waals surface area (Å²) in [7, 11) is 0. The molecular weight excluding hydrogens is 172 g/mol. The van der Waals surface area contributed by atoms with E-state index in [0.29, 0.717) is 11.8 Å². The second-order valence-electron chi connectivity index (χ2n) is 4.80. The molecule has 1 heteroatoms. The first-order valence-corrected chi connectivity index (χ1v) is 5.79. The lowest BCUT2D eigenvalue weighted by Crippen LogP contribution is -2.17. The Labute approximate surface area is 87.6 Å². The highest BCUT2D eigenvalue weighted by Gasteiger charge is 2.21. The van der Waals surface area contributed by atoms with Crippen LogP contribution in [-0.4, -0.2) is 6.29 Å². The quantitative estimate of drug-likeness (QED) is 0.493. The predicted molar refractivity (Wildman–Crippen MR) is 60.1 cm³/mol. The monoisotopic (exact) mass is 194 g/mol. The van der Waals surface area contributed by atoms with Gasteiger partial charge in [-0.2, -0.15) is 0 Å². The summed E-state index contributed by atoms with van der Waals surface area (Å²) in [6, 6.07) is 0. The standard InChI is InChI=1S/C13H22O/c1-10(2)13-7-6-12(5-4-8-14)11(3)9-13/h8-12H,4-7H2,1-3H3. The predicted octanol–water partition coefficient (Wildman–Crippen LogP) is 3.59. The summed E-state index contributed by atoms with van der Waals surface area (Å²) >= 11 is 0. The van der Waals surface area contributed by atoms with Gasteiger partial charge >= 0.3 is 0 Å². The van der Waals surface area contributed by atoms with Gasteiger partial charge in [-0.05, 0) is 37.0 Å². The Morgan fingerprint density at radius 1 is 1.57 bits per heavy atom. The van der Waals surface area contributed by atoms with Crippen molar-refractivity contribution in [2.75, 3.05) is 0 Å². The summed E-state index contributed by atoms with van der Waals surface area (Å²) in [6.45, 7) is 6.83. The highest BCUT2D eigenvalue weighted by atomic mass is 16.1. The van der Waals surface area contributed by atoms with E-state index in [1.165, 1.54) is 12.8 Å². The minimum absolute atomic E-state index is 0.668. The number of hydrogen-bond acceptors (Lipinski definition) is 1. The van der Waals surface area contributed by atoms with Crippen molar-refractivity contribution < 1.29 is 4.79 Å². The van der Waals surface area contributed by atoms with E-state index in [1.807, 2.05) is 0 Å². The van der Waals surface area contributed by atoms with Crippen LogP contribution in [0.5, 0.6) is 0 Å². The van der Waals surface area contributed by atoms with E-state index < -0.39 is 0 Å². The van der Waals surface area contributed by atoms with Crippen LogP contribution < -0.4 is 0 Å². The normalized spacial score (nSPS) is 27.6. The molecular formula is C13H22O. The van der Waals surface area contributed by atoms with Gasteiger partial charge in [-0.1, -0.05) is 32.4 Å². The van der Waals surface area contributed by atoms with Crippen LogP contribution >= 0.6 is 0 Å². The fourth-order valence-electron chi connectivity index (χ4n) is 2.34. The zero-order valence-electron chi connectivity index (χ0n) is 9.62. The summed E-state index contributed by atoms with van der Waals surface area (Å²) in [5.41, 5.74) is 1.61. The second-order valence-corrected chi connectivity index (χ2v) is 4.80. The molecule has 0 radical (unpaired) electrons. The fourth-order valence-corrected chi connectivity index (χ4v) is 2.34. The van der Waals surface area contributed by atoms with Crippen molar-refractivity contribution in [2.24, 2.45) is 17.8 Å². The maximum absolute atomic E-state index is 10.3. The molecule has 0 saturated heterocycles. The molecule has 0 heterocycles. The van der Waals surface area contributed by atoms with Crippen molar-refractivity contribution in [1.82, 2.24) is 0 Å². The molecule has 0 aromatic rings. The van der Waals surface area contributed by atoms with E-state index in [1.54, 1.807) is 5.57 Å². The van der Waals surface area contributed by atoms with Gasteiger partial charge in [0.2, 0.25) is 0 Å². The van der Waals surface area contributed by atoms with Crippen LogP contribution in [0.2, 0.25) is 0 Å². The number of allylic oxidation sites excluding steroid dienone is 2. The summed E-state index contributed by atoms with van der Waals surface area (Å²) < 4.78 is 0. The Morgan fingerprint density at radius 3 is 2.79 bits per heavy atom. The molecule has 14 heavy (non-hydrogen) atoms. The summed E-state index contributed by atoms with van der Waals surface area (Å²) in [4.78, 5) is 10.3. The zero-order valence-corrected chi connectivity index (χ0v) is 9.62. The third-order valence-corrected chi connectivity index (χ3v) is 3.42. The molecule has 0 aromatic heterocycles. The molecule has 0 bridgehead atoms.